The molecule has 0 spiro atoms. The van der Waals surface area contributed by atoms with Crippen molar-refractivity contribution < 1.29 is 23.4 Å². The number of carbonyl (C=O) groups is 1. The van der Waals surface area contributed by atoms with E-state index in [9.17, 15) is 18.7 Å². The van der Waals surface area contributed by atoms with Crippen LogP contribution in [-0.4, -0.2) is 36.3 Å². The van der Waals surface area contributed by atoms with Gasteiger partial charge in [-0.2, -0.15) is 0 Å². The predicted octanol–water partition coefficient (Wildman–Crippen LogP) is 0.948. The van der Waals surface area contributed by atoms with Gasteiger partial charge in [0.05, 0.1) is 0 Å². The van der Waals surface area contributed by atoms with Gasteiger partial charge >= 0.3 is 0 Å². The SMILES string of the molecule is CC(N)CCC(=O)NCC(O)COc1ccc(F)c(F)c1. The first-order valence-electron chi connectivity index (χ1n) is 6.66. The van der Waals surface area contributed by atoms with Gasteiger partial charge in [-0.3, -0.25) is 4.79 Å². The average molecular weight is 302 g/mol. The summed E-state index contributed by atoms with van der Waals surface area (Å²) in [6.45, 7) is 1.68. The summed E-state index contributed by atoms with van der Waals surface area (Å²) >= 11 is 0. The Bertz CT molecular complexity index is 470. The number of aliphatic hydroxyl groups is 1. The first-order chi connectivity index (χ1) is 9.88. The van der Waals surface area contributed by atoms with E-state index < -0.39 is 17.7 Å². The number of aliphatic hydroxyl groups excluding tert-OH is 1. The number of hydrogen-bond donors (Lipinski definition) is 3. The summed E-state index contributed by atoms with van der Waals surface area (Å²) in [6, 6.07) is 3.03. The van der Waals surface area contributed by atoms with Crippen LogP contribution < -0.4 is 15.8 Å². The van der Waals surface area contributed by atoms with Crippen molar-refractivity contribution >= 4 is 5.91 Å². The number of hydrogen-bond acceptors (Lipinski definition) is 4. The van der Waals surface area contributed by atoms with Crippen LogP contribution in [0.25, 0.3) is 0 Å². The van der Waals surface area contributed by atoms with Gasteiger partial charge in [0.2, 0.25) is 5.91 Å². The molecule has 0 aromatic heterocycles. The molecule has 0 aliphatic heterocycles. The highest BCUT2D eigenvalue weighted by Gasteiger charge is 2.10. The zero-order valence-corrected chi connectivity index (χ0v) is 11.8. The lowest BCUT2D eigenvalue weighted by atomic mass is 10.2. The Kier molecular flexibility index (Phi) is 7.04. The molecule has 7 heteroatoms. The van der Waals surface area contributed by atoms with Crippen LogP contribution in [0.2, 0.25) is 0 Å². The number of rotatable bonds is 8. The molecular formula is C14H20F2N2O3. The summed E-state index contributed by atoms with van der Waals surface area (Å²) in [5, 5.41) is 12.2. The van der Waals surface area contributed by atoms with E-state index in [0.29, 0.717) is 6.42 Å². The summed E-state index contributed by atoms with van der Waals surface area (Å²) in [5.74, 6) is -2.09. The zero-order chi connectivity index (χ0) is 15.8. The molecule has 118 valence electrons. The molecule has 21 heavy (non-hydrogen) atoms. The molecule has 0 radical (unpaired) electrons. The number of amides is 1. The maximum Gasteiger partial charge on any atom is 0.220 e. The topological polar surface area (TPSA) is 84.6 Å². The predicted molar refractivity (Wildman–Crippen MR) is 73.8 cm³/mol. The van der Waals surface area contributed by atoms with Gasteiger partial charge in [-0.25, -0.2) is 8.78 Å². The fraction of sp³-hybridized carbons (Fsp3) is 0.500. The molecule has 1 aromatic carbocycles. The molecule has 2 atom stereocenters. The molecule has 0 saturated carbocycles. The standard InChI is InChI=1S/C14H20F2N2O3/c1-9(17)2-5-14(20)18-7-10(19)8-21-11-3-4-12(15)13(16)6-11/h3-4,6,9-10,19H,2,5,7-8,17H2,1H3,(H,18,20). The summed E-state index contributed by atoms with van der Waals surface area (Å²) < 4.78 is 30.7. The van der Waals surface area contributed by atoms with Crippen LogP contribution in [0, 0.1) is 11.6 Å². The Morgan fingerprint density at radius 1 is 1.43 bits per heavy atom. The van der Waals surface area contributed by atoms with E-state index >= 15 is 0 Å². The summed E-state index contributed by atoms with van der Waals surface area (Å²) in [5.41, 5.74) is 5.52. The van der Waals surface area contributed by atoms with Crippen LogP contribution in [0.3, 0.4) is 0 Å². The molecule has 0 fully saturated rings. The van der Waals surface area contributed by atoms with Crippen molar-refractivity contribution in [3.05, 3.63) is 29.8 Å². The van der Waals surface area contributed by atoms with Crippen molar-refractivity contribution in [3.8, 4) is 5.75 Å². The quantitative estimate of drug-likeness (QED) is 0.667. The molecule has 0 bridgehead atoms. The maximum absolute atomic E-state index is 12.9. The molecule has 0 aliphatic rings. The third kappa shape index (κ3) is 7.01. The van der Waals surface area contributed by atoms with Crippen LogP contribution in [0.1, 0.15) is 19.8 Å². The molecule has 1 rings (SSSR count). The Morgan fingerprint density at radius 2 is 2.14 bits per heavy atom. The minimum Gasteiger partial charge on any atom is -0.491 e. The molecule has 0 aliphatic carbocycles. The van der Waals surface area contributed by atoms with E-state index in [1.807, 2.05) is 0 Å². The fourth-order valence-corrected chi connectivity index (χ4v) is 1.50. The van der Waals surface area contributed by atoms with Gasteiger partial charge in [-0.15, -0.1) is 0 Å². The van der Waals surface area contributed by atoms with E-state index in [2.05, 4.69) is 5.32 Å². The smallest absolute Gasteiger partial charge is 0.220 e. The van der Waals surface area contributed by atoms with Gasteiger partial charge in [0, 0.05) is 25.1 Å². The number of nitrogens with two attached hydrogens (primary N) is 1. The number of halogens is 2. The van der Waals surface area contributed by atoms with Gasteiger partial charge in [-0.1, -0.05) is 0 Å². The van der Waals surface area contributed by atoms with E-state index in [-0.39, 0.29) is 37.3 Å². The minimum absolute atomic E-state index is 0.0153. The first kappa shape index (κ1) is 17.3. The maximum atomic E-state index is 12.9. The first-order valence-corrected chi connectivity index (χ1v) is 6.66. The number of benzene rings is 1. The van der Waals surface area contributed by atoms with Crippen LogP contribution in [0.5, 0.6) is 5.75 Å². The third-order valence-electron chi connectivity index (χ3n) is 2.70. The molecule has 0 saturated heterocycles. The van der Waals surface area contributed by atoms with E-state index in [1.54, 1.807) is 6.92 Å². The van der Waals surface area contributed by atoms with Crippen molar-refractivity contribution in [3.63, 3.8) is 0 Å². The lowest BCUT2D eigenvalue weighted by Crippen LogP contribution is -2.35. The highest BCUT2D eigenvalue weighted by atomic mass is 19.2. The minimum atomic E-state index is -1.02. The van der Waals surface area contributed by atoms with Crippen molar-refractivity contribution in [1.29, 1.82) is 0 Å². The lowest BCUT2D eigenvalue weighted by Gasteiger charge is -2.13. The number of nitrogens with one attached hydrogen (secondary N) is 1. The second kappa shape index (κ2) is 8.53. The summed E-state index contributed by atoms with van der Waals surface area (Å²) in [4.78, 5) is 11.4. The molecule has 4 N–H and O–H groups in total. The Balaban J connectivity index is 2.26. The molecule has 5 nitrogen and oxygen atoms in total. The van der Waals surface area contributed by atoms with Crippen LogP contribution in [0.4, 0.5) is 8.78 Å². The number of ether oxygens (including phenoxy) is 1. The highest BCUT2D eigenvalue weighted by molar-refractivity contribution is 5.75. The van der Waals surface area contributed by atoms with Gasteiger partial charge in [0.1, 0.15) is 18.5 Å². The normalized spacial score (nSPS) is 13.6. The second-order valence-corrected chi connectivity index (χ2v) is 4.86. The monoisotopic (exact) mass is 302 g/mol. The average Bonchev–Trinajstić information content (AvgIpc) is 2.44. The van der Waals surface area contributed by atoms with Crippen LogP contribution in [0.15, 0.2) is 18.2 Å². The van der Waals surface area contributed by atoms with Gasteiger partial charge in [-0.05, 0) is 25.5 Å². The van der Waals surface area contributed by atoms with Crippen LogP contribution >= 0.6 is 0 Å². The third-order valence-corrected chi connectivity index (χ3v) is 2.70. The zero-order valence-electron chi connectivity index (χ0n) is 11.8. The van der Waals surface area contributed by atoms with Crippen molar-refractivity contribution in [2.24, 2.45) is 5.73 Å². The number of carbonyl (C=O) groups excluding carboxylic acids is 1. The van der Waals surface area contributed by atoms with Gasteiger partial charge in [0.25, 0.3) is 0 Å². The van der Waals surface area contributed by atoms with E-state index in [1.165, 1.54) is 6.07 Å². The van der Waals surface area contributed by atoms with Gasteiger partial charge < -0.3 is 20.9 Å². The van der Waals surface area contributed by atoms with Crippen LogP contribution in [-0.2, 0) is 4.79 Å². The van der Waals surface area contributed by atoms with E-state index in [4.69, 9.17) is 10.5 Å². The Hall–Kier alpha value is -1.73. The van der Waals surface area contributed by atoms with Crippen molar-refractivity contribution in [2.75, 3.05) is 13.2 Å². The second-order valence-electron chi connectivity index (χ2n) is 4.86. The van der Waals surface area contributed by atoms with Crippen molar-refractivity contribution in [2.45, 2.75) is 31.9 Å². The fourth-order valence-electron chi connectivity index (χ4n) is 1.50. The highest BCUT2D eigenvalue weighted by Crippen LogP contribution is 2.15. The summed E-state index contributed by atoms with van der Waals surface area (Å²) in [6.07, 6.45) is -0.0980. The van der Waals surface area contributed by atoms with E-state index in [0.717, 1.165) is 12.1 Å². The molecule has 1 amide bonds. The molecule has 2 unspecified atom stereocenters. The van der Waals surface area contributed by atoms with Crippen molar-refractivity contribution in [1.82, 2.24) is 5.32 Å². The lowest BCUT2D eigenvalue weighted by molar-refractivity contribution is -0.121. The van der Waals surface area contributed by atoms with Gasteiger partial charge in [0.15, 0.2) is 11.6 Å². The molecule has 1 aromatic rings. The largest absolute Gasteiger partial charge is 0.491 e. The molecule has 0 heterocycles. The molecular weight excluding hydrogens is 282 g/mol. The Labute approximate surface area is 122 Å². The Morgan fingerprint density at radius 3 is 2.76 bits per heavy atom. The summed E-state index contributed by atoms with van der Waals surface area (Å²) in [7, 11) is 0.